The van der Waals surface area contributed by atoms with E-state index in [9.17, 15) is 13.2 Å². The van der Waals surface area contributed by atoms with Gasteiger partial charge >= 0.3 is 5.97 Å². The van der Waals surface area contributed by atoms with E-state index in [4.69, 9.17) is 11.6 Å². The van der Waals surface area contributed by atoms with E-state index < -0.39 is 16.0 Å². The number of benzene rings is 1. The van der Waals surface area contributed by atoms with Crippen LogP contribution in [0, 0.1) is 0 Å². The van der Waals surface area contributed by atoms with Crippen molar-refractivity contribution in [2.75, 3.05) is 20.7 Å². The number of rotatable bonds is 6. The monoisotopic (exact) mass is 319 g/mol. The Balaban J connectivity index is 3.20. The molecule has 0 unspecified atom stereocenters. The first kappa shape index (κ1) is 16.9. The highest BCUT2D eigenvalue weighted by molar-refractivity contribution is 7.89. The fourth-order valence-electron chi connectivity index (χ4n) is 1.61. The van der Waals surface area contributed by atoms with Crippen molar-refractivity contribution >= 4 is 27.6 Å². The molecule has 7 heteroatoms. The quantitative estimate of drug-likeness (QED) is 0.756. The normalized spacial score (nSPS) is 11.7. The number of unbranched alkanes of at least 4 members (excludes halogenated alkanes) is 1. The maximum atomic E-state index is 12.4. The van der Waals surface area contributed by atoms with Crippen LogP contribution in [0.1, 0.15) is 30.1 Å². The van der Waals surface area contributed by atoms with E-state index in [-0.39, 0.29) is 15.5 Å². The van der Waals surface area contributed by atoms with E-state index in [2.05, 4.69) is 4.74 Å². The highest BCUT2D eigenvalue weighted by Gasteiger charge is 2.24. The van der Waals surface area contributed by atoms with E-state index in [0.717, 1.165) is 12.8 Å². The SMILES string of the molecule is CCCCN(C)S(=O)(=O)c1cc(C(=O)OC)ccc1Cl. The lowest BCUT2D eigenvalue weighted by atomic mass is 10.2. The number of esters is 1. The lowest BCUT2D eigenvalue weighted by molar-refractivity contribution is 0.0600. The third-order valence-electron chi connectivity index (χ3n) is 2.87. The molecule has 1 aromatic carbocycles. The number of hydrogen-bond acceptors (Lipinski definition) is 4. The Kier molecular flexibility index (Phi) is 5.98. The van der Waals surface area contributed by atoms with Gasteiger partial charge in [0.15, 0.2) is 0 Å². The second-order valence-electron chi connectivity index (χ2n) is 4.32. The molecule has 1 aromatic rings. The highest BCUT2D eigenvalue weighted by Crippen LogP contribution is 2.25. The Morgan fingerprint density at radius 3 is 2.60 bits per heavy atom. The van der Waals surface area contributed by atoms with Crippen LogP contribution in [0.5, 0.6) is 0 Å². The molecule has 1 rings (SSSR count). The Bertz CT molecular complexity index is 586. The number of hydrogen-bond donors (Lipinski definition) is 0. The summed E-state index contributed by atoms with van der Waals surface area (Å²) in [6.45, 7) is 2.38. The van der Waals surface area contributed by atoms with Crippen LogP contribution in [0.25, 0.3) is 0 Å². The van der Waals surface area contributed by atoms with Gasteiger partial charge in [-0.05, 0) is 24.6 Å². The molecule has 0 fully saturated rings. The van der Waals surface area contributed by atoms with Crippen molar-refractivity contribution in [1.82, 2.24) is 4.31 Å². The molecular formula is C13H18ClNO4S. The van der Waals surface area contributed by atoms with Crippen molar-refractivity contribution in [2.45, 2.75) is 24.7 Å². The van der Waals surface area contributed by atoms with E-state index in [0.29, 0.717) is 6.54 Å². The third kappa shape index (κ3) is 3.71. The number of sulfonamides is 1. The van der Waals surface area contributed by atoms with Gasteiger partial charge in [-0.2, -0.15) is 0 Å². The average molecular weight is 320 g/mol. The second kappa shape index (κ2) is 7.06. The summed E-state index contributed by atoms with van der Waals surface area (Å²) in [5.74, 6) is -0.602. The number of halogens is 1. The van der Waals surface area contributed by atoms with Crippen molar-refractivity contribution in [2.24, 2.45) is 0 Å². The van der Waals surface area contributed by atoms with Crippen LogP contribution >= 0.6 is 11.6 Å². The number of methoxy groups -OCH3 is 1. The second-order valence-corrected chi connectivity index (χ2v) is 6.74. The Labute approximate surface area is 124 Å². The lowest BCUT2D eigenvalue weighted by Crippen LogP contribution is -2.28. The summed E-state index contributed by atoms with van der Waals surface area (Å²) in [6.07, 6.45) is 1.64. The molecule has 5 nitrogen and oxygen atoms in total. The van der Waals surface area contributed by atoms with Crippen LogP contribution in [-0.2, 0) is 14.8 Å². The van der Waals surface area contributed by atoms with E-state index in [1.807, 2.05) is 6.92 Å². The first-order valence-electron chi connectivity index (χ1n) is 6.18. The summed E-state index contributed by atoms with van der Waals surface area (Å²) < 4.78 is 30.6. The van der Waals surface area contributed by atoms with Crippen LogP contribution in [0.15, 0.2) is 23.1 Å². The molecule has 0 aromatic heterocycles. The summed E-state index contributed by atoms with van der Waals surface area (Å²) >= 11 is 5.95. The van der Waals surface area contributed by atoms with E-state index in [1.54, 1.807) is 0 Å². The number of ether oxygens (including phenoxy) is 1. The Morgan fingerprint density at radius 1 is 1.40 bits per heavy atom. The van der Waals surface area contributed by atoms with Gasteiger partial charge in [-0.25, -0.2) is 17.5 Å². The van der Waals surface area contributed by atoms with Gasteiger partial charge in [-0.15, -0.1) is 0 Å². The predicted octanol–water partition coefficient (Wildman–Crippen LogP) is 2.55. The molecule has 0 atom stereocenters. The maximum Gasteiger partial charge on any atom is 0.337 e. The van der Waals surface area contributed by atoms with Crippen LogP contribution in [0.3, 0.4) is 0 Å². The molecule has 112 valence electrons. The standard InChI is InChI=1S/C13H18ClNO4S/c1-4-5-8-15(2)20(17,18)12-9-10(13(16)19-3)6-7-11(12)14/h6-7,9H,4-5,8H2,1-3H3. The molecule has 0 N–H and O–H groups in total. The smallest absolute Gasteiger partial charge is 0.337 e. The fraction of sp³-hybridized carbons (Fsp3) is 0.462. The lowest BCUT2D eigenvalue weighted by Gasteiger charge is -2.18. The van der Waals surface area contributed by atoms with Crippen molar-refractivity contribution in [3.8, 4) is 0 Å². The molecule has 20 heavy (non-hydrogen) atoms. The molecule has 0 aliphatic heterocycles. The zero-order chi connectivity index (χ0) is 15.3. The van der Waals surface area contributed by atoms with Crippen molar-refractivity contribution in [1.29, 1.82) is 0 Å². The van der Waals surface area contributed by atoms with Crippen LogP contribution in [0.2, 0.25) is 5.02 Å². The van der Waals surface area contributed by atoms with Gasteiger partial charge in [0.2, 0.25) is 10.0 Å². The number of carbonyl (C=O) groups is 1. The number of nitrogens with zero attached hydrogens (tertiary/aromatic N) is 1. The molecular weight excluding hydrogens is 302 g/mol. The van der Waals surface area contributed by atoms with E-state index in [1.165, 1.54) is 36.7 Å². The average Bonchev–Trinajstić information content (AvgIpc) is 2.43. The van der Waals surface area contributed by atoms with Crippen LogP contribution in [0.4, 0.5) is 0 Å². The summed E-state index contributed by atoms with van der Waals surface area (Å²) in [7, 11) is -0.986. The molecule has 0 spiro atoms. The van der Waals surface area contributed by atoms with Crippen molar-refractivity contribution in [3.05, 3.63) is 28.8 Å². The molecule has 0 amide bonds. The summed E-state index contributed by atoms with van der Waals surface area (Å²) in [6, 6.07) is 4.06. The zero-order valence-corrected chi connectivity index (χ0v) is 13.3. The highest BCUT2D eigenvalue weighted by atomic mass is 35.5. The molecule has 0 radical (unpaired) electrons. The van der Waals surface area contributed by atoms with Gasteiger partial charge in [0, 0.05) is 13.6 Å². The molecule has 0 aliphatic rings. The van der Waals surface area contributed by atoms with Gasteiger partial charge in [0.1, 0.15) is 4.90 Å². The van der Waals surface area contributed by atoms with Gasteiger partial charge in [-0.1, -0.05) is 24.9 Å². The summed E-state index contributed by atoms with van der Waals surface area (Å²) in [5, 5.41) is 0.0843. The van der Waals surface area contributed by atoms with Crippen molar-refractivity contribution < 1.29 is 17.9 Å². The molecule has 0 saturated heterocycles. The van der Waals surface area contributed by atoms with Gasteiger partial charge in [0.05, 0.1) is 17.7 Å². The third-order valence-corrected chi connectivity index (χ3v) is 5.21. The largest absolute Gasteiger partial charge is 0.465 e. The topological polar surface area (TPSA) is 63.7 Å². The summed E-state index contributed by atoms with van der Waals surface area (Å²) in [4.78, 5) is 11.4. The van der Waals surface area contributed by atoms with Gasteiger partial charge < -0.3 is 4.74 Å². The number of carbonyl (C=O) groups excluding carboxylic acids is 1. The van der Waals surface area contributed by atoms with Crippen LogP contribution in [-0.4, -0.2) is 39.4 Å². The first-order valence-corrected chi connectivity index (χ1v) is 8.00. The Hall–Kier alpha value is -1.11. The minimum absolute atomic E-state index is 0.0827. The predicted molar refractivity (Wildman–Crippen MR) is 77.5 cm³/mol. The zero-order valence-electron chi connectivity index (χ0n) is 11.7. The molecule has 0 bridgehead atoms. The first-order chi connectivity index (χ1) is 9.34. The summed E-state index contributed by atoms with van der Waals surface area (Å²) in [5.41, 5.74) is 0.152. The van der Waals surface area contributed by atoms with Crippen molar-refractivity contribution in [3.63, 3.8) is 0 Å². The molecule has 0 heterocycles. The van der Waals surface area contributed by atoms with Gasteiger partial charge in [0.25, 0.3) is 0 Å². The fourth-order valence-corrected chi connectivity index (χ4v) is 3.32. The van der Waals surface area contributed by atoms with Crippen LogP contribution < -0.4 is 0 Å². The maximum absolute atomic E-state index is 12.4. The molecule has 0 aliphatic carbocycles. The minimum Gasteiger partial charge on any atom is -0.465 e. The minimum atomic E-state index is -3.71. The van der Waals surface area contributed by atoms with E-state index >= 15 is 0 Å². The van der Waals surface area contributed by atoms with Gasteiger partial charge in [-0.3, -0.25) is 0 Å². The Morgan fingerprint density at radius 2 is 2.05 bits per heavy atom. The molecule has 0 saturated carbocycles.